The molecule has 2 aliphatic heterocycles. The van der Waals surface area contributed by atoms with Crippen LogP contribution in [0.2, 0.25) is 0 Å². The summed E-state index contributed by atoms with van der Waals surface area (Å²) in [5.74, 6) is 1.48. The first-order valence-corrected chi connectivity index (χ1v) is 10.8. The molecule has 3 heterocycles. The van der Waals surface area contributed by atoms with Crippen LogP contribution in [0, 0.1) is 0 Å². The van der Waals surface area contributed by atoms with Crippen molar-refractivity contribution < 1.29 is 33.1 Å². The maximum Gasteiger partial charge on any atom is 0.263 e. The Morgan fingerprint density at radius 2 is 1.61 bits per heavy atom. The number of rotatable bonds is 8. The van der Waals surface area contributed by atoms with Gasteiger partial charge in [0.25, 0.3) is 11.8 Å². The molecule has 2 aromatic carbocycles. The molecule has 0 aliphatic carbocycles. The highest BCUT2D eigenvalue weighted by Crippen LogP contribution is 2.36. The van der Waals surface area contributed by atoms with Crippen LogP contribution < -0.4 is 23.8 Å². The van der Waals surface area contributed by atoms with Gasteiger partial charge in [0.05, 0.1) is 39.7 Å². The number of nitrogens with zero attached hydrogens (tertiary/aromatic N) is 6. The lowest BCUT2D eigenvalue weighted by molar-refractivity contribution is -0.123. The Kier molecular flexibility index (Phi) is 5.88. The van der Waals surface area contributed by atoms with Gasteiger partial charge in [-0.2, -0.15) is 10.1 Å². The first-order chi connectivity index (χ1) is 17.5. The number of fused-ring (bicyclic) bond motifs is 1. The molecule has 36 heavy (non-hydrogen) atoms. The van der Waals surface area contributed by atoms with Crippen LogP contribution >= 0.6 is 0 Å². The summed E-state index contributed by atoms with van der Waals surface area (Å²) in [5.41, 5.74) is 0.914. The molecular weight excluding hydrogens is 472 g/mol. The van der Waals surface area contributed by atoms with Crippen molar-refractivity contribution in [2.24, 2.45) is 10.3 Å². The van der Waals surface area contributed by atoms with E-state index in [0.717, 1.165) is 4.90 Å². The van der Waals surface area contributed by atoms with Gasteiger partial charge in [-0.25, -0.2) is 4.90 Å². The van der Waals surface area contributed by atoms with Crippen LogP contribution in [0.25, 0.3) is 11.4 Å². The molecule has 13 nitrogen and oxygen atoms in total. The van der Waals surface area contributed by atoms with E-state index in [0.29, 0.717) is 34.2 Å². The van der Waals surface area contributed by atoms with E-state index in [1.54, 1.807) is 43.5 Å². The van der Waals surface area contributed by atoms with E-state index in [4.69, 9.17) is 23.5 Å². The van der Waals surface area contributed by atoms with Crippen LogP contribution in [0.5, 0.6) is 23.0 Å². The van der Waals surface area contributed by atoms with Crippen molar-refractivity contribution in [3.63, 3.8) is 0 Å². The predicted molar refractivity (Wildman–Crippen MR) is 123 cm³/mol. The fraction of sp³-hybridized carbons (Fsp3) is 0.304. The third kappa shape index (κ3) is 3.83. The number of methoxy groups -OCH3 is 4. The Bertz CT molecular complexity index is 1330. The number of carbonyl (C=O) groups excluding carboxylic acids is 2. The molecule has 5 rings (SSSR count). The van der Waals surface area contributed by atoms with Crippen molar-refractivity contribution in [3.8, 4) is 34.4 Å². The highest BCUT2D eigenvalue weighted by Gasteiger charge is 2.55. The minimum Gasteiger partial charge on any atom is -0.497 e. The summed E-state index contributed by atoms with van der Waals surface area (Å²) in [6, 6.07) is 8.07. The molecule has 0 unspecified atom stereocenters. The summed E-state index contributed by atoms with van der Waals surface area (Å²) in [5, 5.41) is 13.4. The molecule has 2 atom stereocenters. The minimum atomic E-state index is -0.987. The van der Waals surface area contributed by atoms with Gasteiger partial charge >= 0.3 is 0 Å². The van der Waals surface area contributed by atoms with Gasteiger partial charge < -0.3 is 23.5 Å². The molecule has 0 radical (unpaired) electrons. The zero-order chi connectivity index (χ0) is 25.4. The molecule has 2 aliphatic rings. The Hall–Kier alpha value is -4.68. The van der Waals surface area contributed by atoms with Gasteiger partial charge in [-0.15, -0.1) is 0 Å². The van der Waals surface area contributed by atoms with E-state index < -0.39 is 23.9 Å². The van der Waals surface area contributed by atoms with E-state index in [9.17, 15) is 9.59 Å². The Morgan fingerprint density at radius 3 is 2.28 bits per heavy atom. The van der Waals surface area contributed by atoms with Gasteiger partial charge in [-0.1, -0.05) is 10.4 Å². The zero-order valence-corrected chi connectivity index (χ0v) is 19.9. The molecule has 3 aromatic rings. The van der Waals surface area contributed by atoms with Crippen LogP contribution in [0.4, 0.5) is 5.69 Å². The fourth-order valence-corrected chi connectivity index (χ4v) is 4.08. The van der Waals surface area contributed by atoms with Crippen molar-refractivity contribution in [1.82, 2.24) is 15.1 Å². The molecule has 1 aromatic heterocycles. The first kappa shape index (κ1) is 23.1. The number of aromatic nitrogens is 2. The summed E-state index contributed by atoms with van der Waals surface area (Å²) >= 11 is 0. The average Bonchev–Trinajstić information content (AvgIpc) is 3.60. The van der Waals surface area contributed by atoms with E-state index in [1.165, 1.54) is 26.3 Å². The maximum atomic E-state index is 13.3. The standard InChI is InChI=1S/C23H22N6O7/c1-32-13-5-6-16(17(10-13)35-4)21-24-18(36-26-21)11-28-20-19(25-27-28)22(30)29(23(20)31)12-7-14(33-2)9-15(8-12)34-3/h5-10,19-20H,11H2,1-4H3/t19-,20-/m0/s1. The Labute approximate surface area is 205 Å². The van der Waals surface area contributed by atoms with E-state index in [1.807, 2.05) is 0 Å². The van der Waals surface area contributed by atoms with Crippen molar-refractivity contribution in [3.05, 3.63) is 42.3 Å². The van der Waals surface area contributed by atoms with Gasteiger partial charge in [0, 0.05) is 24.3 Å². The second kappa shape index (κ2) is 9.17. The lowest BCUT2D eigenvalue weighted by atomic mass is 10.1. The molecule has 186 valence electrons. The van der Waals surface area contributed by atoms with Crippen molar-refractivity contribution >= 4 is 17.5 Å². The minimum absolute atomic E-state index is 0.0234. The smallest absolute Gasteiger partial charge is 0.263 e. The van der Waals surface area contributed by atoms with Gasteiger partial charge in [0.1, 0.15) is 29.5 Å². The number of anilines is 1. The summed E-state index contributed by atoms with van der Waals surface area (Å²) in [7, 11) is 6.05. The zero-order valence-electron chi connectivity index (χ0n) is 19.9. The monoisotopic (exact) mass is 494 g/mol. The quantitative estimate of drug-likeness (QED) is 0.428. The SMILES string of the molecule is COc1cc(OC)cc(N2C(=O)[C@H]3N=NN(Cc4nc(-c5ccc(OC)cc5OC)no4)[C@@H]3C2=O)c1. The number of hydrogen-bond donors (Lipinski definition) is 0. The number of amides is 2. The maximum absolute atomic E-state index is 13.3. The number of benzene rings is 2. The van der Waals surface area contributed by atoms with E-state index in [2.05, 4.69) is 20.5 Å². The summed E-state index contributed by atoms with van der Waals surface area (Å²) in [4.78, 5) is 31.9. The second-order valence-electron chi connectivity index (χ2n) is 7.85. The van der Waals surface area contributed by atoms with Crippen LogP contribution in [0.1, 0.15) is 5.89 Å². The largest absolute Gasteiger partial charge is 0.497 e. The van der Waals surface area contributed by atoms with Gasteiger partial charge in [0.2, 0.25) is 11.7 Å². The Balaban J connectivity index is 1.37. The normalized spacial score (nSPS) is 18.6. The van der Waals surface area contributed by atoms with Crippen molar-refractivity contribution in [1.29, 1.82) is 0 Å². The van der Waals surface area contributed by atoms with Crippen LogP contribution in [-0.2, 0) is 16.1 Å². The number of ether oxygens (including phenoxy) is 4. The third-order valence-corrected chi connectivity index (χ3v) is 5.87. The molecule has 0 N–H and O–H groups in total. The fourth-order valence-electron chi connectivity index (χ4n) is 4.08. The summed E-state index contributed by atoms with van der Waals surface area (Å²) in [6.07, 6.45) is 0. The molecule has 1 saturated heterocycles. The third-order valence-electron chi connectivity index (χ3n) is 5.87. The molecule has 1 fully saturated rings. The number of hydrogen-bond acceptors (Lipinski definition) is 12. The molecule has 13 heteroatoms. The number of imide groups is 1. The lowest BCUT2D eigenvalue weighted by Crippen LogP contribution is -2.39. The highest BCUT2D eigenvalue weighted by atomic mass is 16.5. The topological polar surface area (TPSA) is 141 Å². The van der Waals surface area contributed by atoms with Crippen LogP contribution in [0.15, 0.2) is 51.3 Å². The van der Waals surface area contributed by atoms with Crippen LogP contribution in [-0.4, -0.2) is 67.5 Å². The average molecular weight is 494 g/mol. The predicted octanol–water partition coefficient (Wildman–Crippen LogP) is 2.26. The molecule has 2 amide bonds. The molecule has 0 spiro atoms. The van der Waals surface area contributed by atoms with Gasteiger partial charge in [0.15, 0.2) is 12.1 Å². The number of carbonyl (C=O) groups is 2. The highest BCUT2D eigenvalue weighted by molar-refractivity contribution is 6.25. The first-order valence-electron chi connectivity index (χ1n) is 10.8. The second-order valence-corrected chi connectivity index (χ2v) is 7.85. The van der Waals surface area contributed by atoms with Crippen molar-refractivity contribution in [2.75, 3.05) is 33.3 Å². The Morgan fingerprint density at radius 1 is 0.889 bits per heavy atom. The van der Waals surface area contributed by atoms with E-state index >= 15 is 0 Å². The van der Waals surface area contributed by atoms with E-state index in [-0.39, 0.29) is 18.3 Å². The van der Waals surface area contributed by atoms with Gasteiger partial charge in [-0.05, 0) is 12.1 Å². The van der Waals surface area contributed by atoms with Crippen LogP contribution in [0.3, 0.4) is 0 Å². The van der Waals surface area contributed by atoms with Crippen molar-refractivity contribution in [2.45, 2.75) is 18.6 Å². The molecular formula is C23H22N6O7. The lowest BCUT2D eigenvalue weighted by Gasteiger charge is -2.20. The molecule has 0 saturated carbocycles. The van der Waals surface area contributed by atoms with Gasteiger partial charge in [-0.3, -0.25) is 14.6 Å². The summed E-state index contributed by atoms with van der Waals surface area (Å²) < 4.78 is 26.5. The summed E-state index contributed by atoms with van der Waals surface area (Å²) in [6.45, 7) is -0.0234. The molecule has 0 bridgehead atoms.